The Morgan fingerprint density at radius 2 is 1.82 bits per heavy atom. The molecular weight excluding hydrogens is 514 g/mol. The van der Waals surface area contributed by atoms with E-state index in [-0.39, 0.29) is 22.1 Å². The van der Waals surface area contributed by atoms with Crippen molar-refractivity contribution < 1.29 is 28.1 Å². The molecule has 0 amide bonds. The van der Waals surface area contributed by atoms with Gasteiger partial charge in [0.2, 0.25) is 0 Å². The number of sulfone groups is 1. The number of hydrogen-bond acceptors (Lipinski definition) is 7. The van der Waals surface area contributed by atoms with Gasteiger partial charge in [-0.05, 0) is 79.8 Å². The Bertz CT molecular complexity index is 1510. The molecule has 206 valence electrons. The number of nitrogens with zero attached hydrogens (tertiary/aromatic N) is 1. The average molecular weight is 550 g/mol. The number of fused-ring (bicyclic) bond motifs is 1. The maximum atomic E-state index is 12.6. The van der Waals surface area contributed by atoms with E-state index in [0.717, 1.165) is 53.3 Å². The van der Waals surface area contributed by atoms with Gasteiger partial charge in [-0.1, -0.05) is 31.2 Å². The molecule has 0 saturated carbocycles. The quantitative estimate of drug-likeness (QED) is 0.392. The smallest absolute Gasteiger partial charge is 0.179 e. The number of ether oxygens (including phenoxy) is 2. The predicted molar refractivity (Wildman–Crippen MR) is 152 cm³/mol. The molecule has 3 aromatic carbocycles. The zero-order valence-electron chi connectivity index (χ0n) is 22.7. The van der Waals surface area contributed by atoms with Crippen molar-refractivity contribution in [2.75, 3.05) is 26.0 Å². The molecule has 39 heavy (non-hydrogen) atoms. The number of allylic oxidation sites excluding steroid dienone is 1. The van der Waals surface area contributed by atoms with Crippen molar-refractivity contribution in [2.45, 2.75) is 44.2 Å². The molecule has 0 aromatic heterocycles. The number of hydrogen-bond donors (Lipinski definition) is 2. The van der Waals surface area contributed by atoms with Gasteiger partial charge in [0.05, 0.1) is 0 Å². The summed E-state index contributed by atoms with van der Waals surface area (Å²) in [5.74, 6) is 1.61. The second kappa shape index (κ2) is 10.6. The zero-order valence-corrected chi connectivity index (χ0v) is 23.5. The Hall–Kier alpha value is -3.49. The molecule has 3 atom stereocenters. The summed E-state index contributed by atoms with van der Waals surface area (Å²) in [4.78, 5) is 2.39. The molecule has 2 aliphatic heterocycles. The maximum absolute atomic E-state index is 12.6. The molecule has 0 radical (unpaired) electrons. The molecule has 1 unspecified atom stereocenters. The van der Waals surface area contributed by atoms with Gasteiger partial charge in [0.15, 0.2) is 9.84 Å². The van der Waals surface area contributed by atoms with Crippen LogP contribution in [-0.4, -0.2) is 55.5 Å². The normalized spacial score (nSPS) is 20.4. The van der Waals surface area contributed by atoms with E-state index in [1.807, 2.05) is 37.3 Å². The molecule has 2 N–H and O–H groups in total. The summed E-state index contributed by atoms with van der Waals surface area (Å²) in [7, 11) is -3.69. The largest absolute Gasteiger partial charge is 0.508 e. The fourth-order valence-corrected chi connectivity index (χ4v) is 6.32. The van der Waals surface area contributed by atoms with Gasteiger partial charge in [0.25, 0.3) is 0 Å². The third kappa shape index (κ3) is 5.63. The number of phenols is 2. The van der Waals surface area contributed by atoms with E-state index in [9.17, 15) is 18.6 Å². The highest BCUT2D eigenvalue weighted by molar-refractivity contribution is 7.90. The lowest BCUT2D eigenvalue weighted by molar-refractivity contribution is 0.169. The average Bonchev–Trinajstić information content (AvgIpc) is 3.33. The molecule has 0 aliphatic carbocycles. The Kier molecular flexibility index (Phi) is 7.35. The second-order valence-electron chi connectivity index (χ2n) is 10.8. The van der Waals surface area contributed by atoms with E-state index in [0.29, 0.717) is 18.2 Å². The predicted octanol–water partition coefficient (Wildman–Crippen LogP) is 5.67. The number of rotatable bonds is 7. The summed E-state index contributed by atoms with van der Waals surface area (Å²) in [5.41, 5.74) is 3.56. The van der Waals surface area contributed by atoms with Gasteiger partial charge in [0.1, 0.15) is 40.6 Å². The first-order valence-electron chi connectivity index (χ1n) is 13.2. The van der Waals surface area contributed by atoms with Crippen LogP contribution >= 0.6 is 0 Å². The van der Waals surface area contributed by atoms with Crippen LogP contribution < -0.4 is 9.47 Å². The van der Waals surface area contributed by atoms with Gasteiger partial charge >= 0.3 is 0 Å². The molecule has 5 rings (SSSR count). The zero-order chi connectivity index (χ0) is 27.9. The van der Waals surface area contributed by atoms with Crippen molar-refractivity contribution >= 4 is 21.0 Å². The highest BCUT2D eigenvalue weighted by Gasteiger charge is 2.33. The van der Waals surface area contributed by atoms with Gasteiger partial charge in [-0.2, -0.15) is 0 Å². The Morgan fingerprint density at radius 3 is 2.46 bits per heavy atom. The molecule has 8 heteroatoms. The topological polar surface area (TPSA) is 96.3 Å². The first kappa shape index (κ1) is 27.1. The van der Waals surface area contributed by atoms with Gasteiger partial charge in [-0.3, -0.25) is 4.90 Å². The second-order valence-corrected chi connectivity index (χ2v) is 12.8. The molecule has 0 spiro atoms. The molecule has 1 fully saturated rings. The maximum Gasteiger partial charge on any atom is 0.179 e. The number of likely N-dealkylation sites (tertiary alicyclic amines) is 1. The van der Waals surface area contributed by atoms with Crippen LogP contribution in [0.2, 0.25) is 0 Å². The van der Waals surface area contributed by atoms with Crippen molar-refractivity contribution in [1.82, 2.24) is 4.90 Å². The van der Waals surface area contributed by atoms with Gasteiger partial charge in [0, 0.05) is 36.0 Å². The lowest BCUT2D eigenvalue weighted by Crippen LogP contribution is -2.35. The van der Waals surface area contributed by atoms with Crippen molar-refractivity contribution in [3.8, 4) is 23.0 Å². The van der Waals surface area contributed by atoms with Crippen molar-refractivity contribution in [3.05, 3.63) is 77.4 Å². The summed E-state index contributed by atoms with van der Waals surface area (Å²) in [6.45, 7) is 9.13. The van der Waals surface area contributed by atoms with E-state index in [1.165, 1.54) is 18.6 Å². The Balaban J connectivity index is 1.50. The van der Waals surface area contributed by atoms with Crippen LogP contribution in [0.5, 0.6) is 23.0 Å². The molecule has 2 heterocycles. The van der Waals surface area contributed by atoms with Crippen molar-refractivity contribution in [3.63, 3.8) is 0 Å². The van der Waals surface area contributed by atoms with Crippen LogP contribution in [0, 0.1) is 5.92 Å². The fourth-order valence-electron chi connectivity index (χ4n) is 5.49. The van der Waals surface area contributed by atoms with Crippen LogP contribution in [0.25, 0.3) is 11.1 Å². The minimum atomic E-state index is -3.69. The van der Waals surface area contributed by atoms with Crippen LogP contribution in [0.15, 0.2) is 65.6 Å². The van der Waals surface area contributed by atoms with Crippen LogP contribution in [0.4, 0.5) is 0 Å². The van der Waals surface area contributed by atoms with Gasteiger partial charge < -0.3 is 19.7 Å². The lowest BCUT2D eigenvalue weighted by atomic mass is 9.86. The van der Waals surface area contributed by atoms with E-state index < -0.39 is 15.9 Å². The van der Waals surface area contributed by atoms with E-state index in [1.54, 1.807) is 18.2 Å². The molecule has 0 bridgehead atoms. The van der Waals surface area contributed by atoms with Gasteiger partial charge in [-0.15, -0.1) is 0 Å². The summed E-state index contributed by atoms with van der Waals surface area (Å²) in [6, 6.07) is 17.6. The molecule has 3 aromatic rings. The number of aromatic hydroxyl groups is 2. The molecular formula is C31H35NO6S. The van der Waals surface area contributed by atoms with E-state index in [4.69, 9.17) is 9.47 Å². The fraction of sp³-hybridized carbons (Fsp3) is 0.355. The monoisotopic (exact) mass is 549 g/mol. The highest BCUT2D eigenvalue weighted by atomic mass is 32.2. The van der Waals surface area contributed by atoms with Gasteiger partial charge in [-0.25, -0.2) is 8.42 Å². The number of benzene rings is 3. The molecule has 1 saturated heterocycles. The molecule has 2 aliphatic rings. The molecule has 7 nitrogen and oxygen atoms in total. The summed E-state index contributed by atoms with van der Waals surface area (Å²) < 4.78 is 37.8. The first-order chi connectivity index (χ1) is 18.5. The van der Waals surface area contributed by atoms with E-state index in [2.05, 4.69) is 18.7 Å². The minimum absolute atomic E-state index is 0.0676. The first-order valence-corrected chi connectivity index (χ1v) is 15.1. The standard InChI is InChI=1S/C31H35NO6S/c1-19-12-13-32(17-19)20(2)18-37-26-10-8-22(9-11-26)30-29(23-6-5-7-24(33)14-23)21(3)27-15-25(34)16-28(31(27)38-30)39(4,35)36/h5-11,14-16,19-20,30,33-34H,12-13,17-18H2,1-4H3/t19-,20+,30?/m1/s1. The van der Waals surface area contributed by atoms with Crippen LogP contribution in [-0.2, 0) is 9.84 Å². The van der Waals surface area contributed by atoms with E-state index >= 15 is 0 Å². The summed E-state index contributed by atoms with van der Waals surface area (Å²) >= 11 is 0. The third-order valence-electron chi connectivity index (χ3n) is 7.65. The lowest BCUT2D eigenvalue weighted by Gasteiger charge is -2.32. The SMILES string of the molecule is CC1=C(c2cccc(O)c2)C(c2ccc(OC[C@H](C)N3CC[C@@H](C)C3)cc2)Oc2c1cc(O)cc2S(C)(=O)=O. The summed E-state index contributed by atoms with van der Waals surface area (Å²) in [5, 5.41) is 20.5. The third-order valence-corrected chi connectivity index (χ3v) is 8.76. The Morgan fingerprint density at radius 1 is 1.08 bits per heavy atom. The highest BCUT2D eigenvalue weighted by Crippen LogP contribution is 2.50. The summed E-state index contributed by atoms with van der Waals surface area (Å²) in [6.07, 6.45) is 1.67. The Labute approximate surface area is 230 Å². The number of phenolic OH excluding ortho intramolecular Hbond substituents is 2. The minimum Gasteiger partial charge on any atom is -0.508 e. The van der Waals surface area contributed by atoms with Crippen LogP contribution in [0.3, 0.4) is 0 Å². The van der Waals surface area contributed by atoms with Crippen LogP contribution in [0.1, 0.15) is 50.0 Å². The van der Waals surface area contributed by atoms with Crippen molar-refractivity contribution in [2.24, 2.45) is 5.92 Å². The van der Waals surface area contributed by atoms with Crippen molar-refractivity contribution in [1.29, 1.82) is 0 Å².